The molecule has 1 amide bonds. The Morgan fingerprint density at radius 1 is 1.03 bits per heavy atom. The van der Waals surface area contributed by atoms with Crippen molar-refractivity contribution in [3.05, 3.63) is 84.6 Å². The first-order valence-corrected chi connectivity index (χ1v) is 9.53. The molecule has 4 aromatic rings. The maximum atomic E-state index is 12.9. The number of hydrogen-bond donors (Lipinski definition) is 1. The second-order valence-corrected chi connectivity index (χ2v) is 6.37. The standard InChI is InChI=1S/C22H20N6O2/c1-2-30-19-8-6-18(7-9-19)28-21(16-10-13-23-14-11-16)20(26-27-28)22(29)25-15-17-5-3-4-12-24-17/h3-14H,2,15H2,1H3,(H,25,29). The molecule has 1 N–H and O–H groups in total. The van der Waals surface area contributed by atoms with Crippen molar-refractivity contribution >= 4 is 5.91 Å². The largest absolute Gasteiger partial charge is 0.494 e. The Kier molecular flexibility index (Phi) is 5.75. The van der Waals surface area contributed by atoms with Gasteiger partial charge in [0, 0.05) is 24.2 Å². The Bertz CT molecular complexity index is 1110. The van der Waals surface area contributed by atoms with Gasteiger partial charge < -0.3 is 10.1 Å². The molecular weight excluding hydrogens is 380 g/mol. The average Bonchev–Trinajstić information content (AvgIpc) is 3.25. The lowest BCUT2D eigenvalue weighted by molar-refractivity contribution is 0.0946. The molecule has 0 atom stereocenters. The Morgan fingerprint density at radius 3 is 2.53 bits per heavy atom. The molecular formula is C22H20N6O2. The molecule has 0 fully saturated rings. The van der Waals surface area contributed by atoms with Gasteiger partial charge in [0.2, 0.25) is 0 Å². The molecule has 0 unspecified atom stereocenters. The maximum Gasteiger partial charge on any atom is 0.274 e. The summed E-state index contributed by atoms with van der Waals surface area (Å²) < 4.78 is 7.15. The Morgan fingerprint density at radius 2 is 1.83 bits per heavy atom. The van der Waals surface area contributed by atoms with Crippen LogP contribution in [-0.4, -0.2) is 37.5 Å². The van der Waals surface area contributed by atoms with Gasteiger partial charge in [0.25, 0.3) is 5.91 Å². The molecule has 0 spiro atoms. The highest BCUT2D eigenvalue weighted by molar-refractivity contribution is 5.98. The minimum absolute atomic E-state index is 0.228. The van der Waals surface area contributed by atoms with Gasteiger partial charge >= 0.3 is 0 Å². The molecule has 150 valence electrons. The monoisotopic (exact) mass is 400 g/mol. The van der Waals surface area contributed by atoms with E-state index in [0.717, 1.165) is 22.7 Å². The van der Waals surface area contributed by atoms with E-state index in [1.807, 2.05) is 61.5 Å². The highest BCUT2D eigenvalue weighted by Crippen LogP contribution is 2.26. The third kappa shape index (κ3) is 4.17. The summed E-state index contributed by atoms with van der Waals surface area (Å²) in [5, 5.41) is 11.3. The van der Waals surface area contributed by atoms with Gasteiger partial charge in [0.05, 0.1) is 24.5 Å². The van der Waals surface area contributed by atoms with Crippen LogP contribution < -0.4 is 10.1 Å². The molecule has 3 aromatic heterocycles. The summed E-state index contributed by atoms with van der Waals surface area (Å²) in [5.41, 5.74) is 3.12. The van der Waals surface area contributed by atoms with E-state index in [9.17, 15) is 4.79 Å². The number of nitrogens with zero attached hydrogens (tertiary/aromatic N) is 5. The SMILES string of the molecule is CCOc1ccc(-n2nnc(C(=O)NCc3ccccn3)c2-c2ccncc2)cc1. The number of rotatable bonds is 7. The molecule has 0 radical (unpaired) electrons. The summed E-state index contributed by atoms with van der Waals surface area (Å²) in [6.45, 7) is 2.82. The van der Waals surface area contributed by atoms with Gasteiger partial charge in [0.15, 0.2) is 5.69 Å². The van der Waals surface area contributed by atoms with Crippen molar-refractivity contribution in [2.45, 2.75) is 13.5 Å². The Balaban J connectivity index is 1.68. The van der Waals surface area contributed by atoms with Crippen molar-refractivity contribution in [3.8, 4) is 22.7 Å². The van der Waals surface area contributed by atoms with E-state index in [1.54, 1.807) is 23.3 Å². The summed E-state index contributed by atoms with van der Waals surface area (Å²) in [7, 11) is 0. The van der Waals surface area contributed by atoms with Gasteiger partial charge in [0.1, 0.15) is 11.4 Å². The molecule has 0 aliphatic carbocycles. The highest BCUT2D eigenvalue weighted by atomic mass is 16.5. The van der Waals surface area contributed by atoms with Crippen LogP contribution in [0.15, 0.2) is 73.2 Å². The van der Waals surface area contributed by atoms with Crippen LogP contribution in [0.3, 0.4) is 0 Å². The minimum Gasteiger partial charge on any atom is -0.494 e. The van der Waals surface area contributed by atoms with Crippen LogP contribution >= 0.6 is 0 Å². The minimum atomic E-state index is -0.329. The first-order chi connectivity index (χ1) is 14.8. The fraction of sp³-hybridized carbons (Fsp3) is 0.136. The fourth-order valence-corrected chi connectivity index (χ4v) is 2.99. The van der Waals surface area contributed by atoms with Crippen molar-refractivity contribution in [2.75, 3.05) is 6.61 Å². The summed E-state index contributed by atoms with van der Waals surface area (Å²) in [4.78, 5) is 21.2. The molecule has 8 heteroatoms. The van der Waals surface area contributed by atoms with E-state index in [0.29, 0.717) is 18.8 Å². The molecule has 0 aliphatic rings. The van der Waals surface area contributed by atoms with Crippen molar-refractivity contribution < 1.29 is 9.53 Å². The molecule has 0 saturated heterocycles. The predicted octanol–water partition coefficient (Wildman–Crippen LogP) is 3.05. The van der Waals surface area contributed by atoms with Crippen LogP contribution in [0, 0.1) is 0 Å². The number of benzene rings is 1. The van der Waals surface area contributed by atoms with Gasteiger partial charge in [-0.25, -0.2) is 4.68 Å². The smallest absolute Gasteiger partial charge is 0.274 e. The summed E-state index contributed by atoms with van der Waals surface area (Å²) in [5.74, 6) is 0.435. The second kappa shape index (κ2) is 8.95. The van der Waals surface area contributed by atoms with Crippen LogP contribution in [0.1, 0.15) is 23.1 Å². The average molecular weight is 400 g/mol. The van der Waals surface area contributed by atoms with E-state index in [2.05, 4.69) is 25.6 Å². The number of carbonyl (C=O) groups is 1. The molecule has 30 heavy (non-hydrogen) atoms. The number of aromatic nitrogens is 5. The maximum absolute atomic E-state index is 12.9. The van der Waals surface area contributed by atoms with Gasteiger partial charge in [-0.05, 0) is 55.5 Å². The third-order valence-electron chi connectivity index (χ3n) is 4.39. The lowest BCUT2D eigenvalue weighted by Gasteiger charge is -2.10. The van der Waals surface area contributed by atoms with E-state index in [1.165, 1.54) is 0 Å². The molecule has 0 saturated carbocycles. The van der Waals surface area contributed by atoms with Gasteiger partial charge in [-0.3, -0.25) is 14.8 Å². The zero-order valence-electron chi connectivity index (χ0n) is 16.4. The molecule has 4 rings (SSSR count). The Hall–Kier alpha value is -4.07. The van der Waals surface area contributed by atoms with Crippen LogP contribution in [-0.2, 0) is 6.54 Å². The zero-order chi connectivity index (χ0) is 20.8. The summed E-state index contributed by atoms with van der Waals surface area (Å²) in [6, 6.07) is 16.7. The first kappa shape index (κ1) is 19.3. The molecule has 3 heterocycles. The lowest BCUT2D eigenvalue weighted by Crippen LogP contribution is -2.24. The first-order valence-electron chi connectivity index (χ1n) is 9.53. The predicted molar refractivity (Wildman–Crippen MR) is 111 cm³/mol. The fourth-order valence-electron chi connectivity index (χ4n) is 2.99. The van der Waals surface area contributed by atoms with Gasteiger partial charge in [-0.1, -0.05) is 11.3 Å². The van der Waals surface area contributed by atoms with Crippen LogP contribution in [0.4, 0.5) is 0 Å². The third-order valence-corrected chi connectivity index (χ3v) is 4.39. The van der Waals surface area contributed by atoms with Gasteiger partial charge in [-0.2, -0.15) is 0 Å². The molecule has 1 aromatic carbocycles. The molecule has 0 aliphatic heterocycles. The number of pyridine rings is 2. The topological polar surface area (TPSA) is 94.8 Å². The Labute approximate surface area is 173 Å². The van der Waals surface area contributed by atoms with E-state index < -0.39 is 0 Å². The highest BCUT2D eigenvalue weighted by Gasteiger charge is 2.22. The van der Waals surface area contributed by atoms with Crippen molar-refractivity contribution in [3.63, 3.8) is 0 Å². The van der Waals surface area contributed by atoms with E-state index in [4.69, 9.17) is 4.74 Å². The normalized spacial score (nSPS) is 10.6. The molecule has 0 bridgehead atoms. The molecule has 8 nitrogen and oxygen atoms in total. The number of carbonyl (C=O) groups excluding carboxylic acids is 1. The van der Waals surface area contributed by atoms with Crippen molar-refractivity contribution in [1.82, 2.24) is 30.3 Å². The van der Waals surface area contributed by atoms with E-state index in [-0.39, 0.29) is 11.6 Å². The van der Waals surface area contributed by atoms with Gasteiger partial charge in [-0.15, -0.1) is 5.10 Å². The summed E-state index contributed by atoms with van der Waals surface area (Å²) >= 11 is 0. The number of amides is 1. The van der Waals surface area contributed by atoms with Crippen molar-refractivity contribution in [2.24, 2.45) is 0 Å². The summed E-state index contributed by atoms with van der Waals surface area (Å²) in [6.07, 6.45) is 5.02. The lowest BCUT2D eigenvalue weighted by atomic mass is 10.1. The second-order valence-electron chi connectivity index (χ2n) is 6.37. The van der Waals surface area contributed by atoms with Crippen molar-refractivity contribution in [1.29, 1.82) is 0 Å². The van der Waals surface area contributed by atoms with Crippen LogP contribution in [0.5, 0.6) is 5.75 Å². The zero-order valence-corrected chi connectivity index (χ0v) is 16.4. The number of ether oxygens (including phenoxy) is 1. The number of hydrogen-bond acceptors (Lipinski definition) is 6. The van der Waals surface area contributed by atoms with Crippen LogP contribution in [0.25, 0.3) is 16.9 Å². The number of nitrogens with one attached hydrogen (secondary N) is 1. The van der Waals surface area contributed by atoms with Crippen LogP contribution in [0.2, 0.25) is 0 Å². The quantitative estimate of drug-likeness (QED) is 0.512. The van der Waals surface area contributed by atoms with E-state index >= 15 is 0 Å².